The molecule has 3 heteroatoms. The van der Waals surface area contributed by atoms with Crippen molar-refractivity contribution in [1.82, 2.24) is 4.90 Å². The SMILES string of the molecule is O=C(CCOCc1ccccc1)C1CC2CCCC(C1)N2Cc1ccccc1. The number of nitrogens with zero attached hydrogens (tertiary/aromatic N) is 1. The zero-order valence-electron chi connectivity index (χ0n) is 16.6. The van der Waals surface area contributed by atoms with Crippen molar-refractivity contribution in [3.8, 4) is 0 Å². The lowest BCUT2D eigenvalue weighted by Crippen LogP contribution is -2.52. The Hall–Kier alpha value is -1.97. The largest absolute Gasteiger partial charge is 0.376 e. The maximum Gasteiger partial charge on any atom is 0.138 e. The van der Waals surface area contributed by atoms with Gasteiger partial charge in [-0.25, -0.2) is 0 Å². The highest BCUT2D eigenvalue weighted by atomic mass is 16.5. The summed E-state index contributed by atoms with van der Waals surface area (Å²) in [5.41, 5.74) is 2.55. The van der Waals surface area contributed by atoms with Crippen LogP contribution < -0.4 is 0 Å². The lowest BCUT2D eigenvalue weighted by Gasteiger charge is -2.48. The molecule has 0 amide bonds. The summed E-state index contributed by atoms with van der Waals surface area (Å²) in [7, 11) is 0. The van der Waals surface area contributed by atoms with Gasteiger partial charge in [-0.3, -0.25) is 9.69 Å². The molecule has 0 aliphatic carbocycles. The molecular formula is C25H31NO2. The van der Waals surface area contributed by atoms with Crippen molar-refractivity contribution in [2.75, 3.05) is 6.61 Å². The van der Waals surface area contributed by atoms with Crippen molar-refractivity contribution in [2.45, 2.75) is 63.8 Å². The molecule has 0 aromatic heterocycles. The van der Waals surface area contributed by atoms with Gasteiger partial charge >= 0.3 is 0 Å². The van der Waals surface area contributed by atoms with Crippen LogP contribution in [0, 0.1) is 5.92 Å². The van der Waals surface area contributed by atoms with E-state index in [-0.39, 0.29) is 5.92 Å². The van der Waals surface area contributed by atoms with E-state index in [2.05, 4.69) is 47.4 Å². The van der Waals surface area contributed by atoms with E-state index in [9.17, 15) is 4.79 Å². The van der Waals surface area contributed by atoms with Crippen LogP contribution >= 0.6 is 0 Å². The first-order valence-electron chi connectivity index (χ1n) is 10.7. The van der Waals surface area contributed by atoms with E-state index in [0.29, 0.717) is 37.5 Å². The molecule has 3 nitrogen and oxygen atoms in total. The summed E-state index contributed by atoms with van der Waals surface area (Å²) in [6, 6.07) is 22.1. The molecule has 2 aromatic rings. The van der Waals surface area contributed by atoms with E-state index in [4.69, 9.17) is 4.74 Å². The molecule has 0 N–H and O–H groups in total. The Morgan fingerprint density at radius 2 is 1.50 bits per heavy atom. The molecule has 2 atom stereocenters. The third-order valence-corrected chi connectivity index (χ3v) is 6.39. The number of hydrogen-bond donors (Lipinski definition) is 0. The molecule has 2 aliphatic rings. The number of ether oxygens (including phenoxy) is 1. The van der Waals surface area contributed by atoms with Crippen molar-refractivity contribution in [1.29, 1.82) is 0 Å². The van der Waals surface area contributed by atoms with Gasteiger partial charge in [0.05, 0.1) is 13.2 Å². The summed E-state index contributed by atoms with van der Waals surface area (Å²) >= 11 is 0. The van der Waals surface area contributed by atoms with Crippen LogP contribution in [0.2, 0.25) is 0 Å². The van der Waals surface area contributed by atoms with Crippen LogP contribution in [0.3, 0.4) is 0 Å². The van der Waals surface area contributed by atoms with E-state index in [0.717, 1.165) is 19.4 Å². The van der Waals surface area contributed by atoms with E-state index < -0.39 is 0 Å². The molecule has 2 bridgehead atoms. The minimum Gasteiger partial charge on any atom is -0.376 e. The number of piperidine rings is 2. The van der Waals surface area contributed by atoms with E-state index in [1.165, 1.54) is 30.4 Å². The van der Waals surface area contributed by atoms with Crippen LogP contribution in [-0.4, -0.2) is 29.4 Å². The topological polar surface area (TPSA) is 29.5 Å². The van der Waals surface area contributed by atoms with Crippen LogP contribution in [0.15, 0.2) is 60.7 Å². The van der Waals surface area contributed by atoms with Crippen LogP contribution in [0.1, 0.15) is 49.7 Å². The van der Waals surface area contributed by atoms with Crippen LogP contribution in [-0.2, 0) is 22.7 Å². The minimum absolute atomic E-state index is 0.225. The quantitative estimate of drug-likeness (QED) is 0.607. The number of benzene rings is 2. The van der Waals surface area contributed by atoms with Gasteiger partial charge in [-0.05, 0) is 36.8 Å². The molecule has 2 aromatic carbocycles. The van der Waals surface area contributed by atoms with Crippen LogP contribution in [0.25, 0.3) is 0 Å². The smallest absolute Gasteiger partial charge is 0.138 e. The number of Topliss-reactive ketones (excluding diaryl/α,β-unsaturated/α-hetero) is 1. The molecule has 2 unspecified atom stereocenters. The van der Waals surface area contributed by atoms with Gasteiger partial charge < -0.3 is 4.74 Å². The highest BCUT2D eigenvalue weighted by Gasteiger charge is 2.40. The highest BCUT2D eigenvalue weighted by molar-refractivity contribution is 5.81. The fraction of sp³-hybridized carbons (Fsp3) is 0.480. The maximum atomic E-state index is 12.8. The third-order valence-electron chi connectivity index (χ3n) is 6.39. The fourth-order valence-corrected chi connectivity index (χ4v) is 4.93. The van der Waals surface area contributed by atoms with Gasteiger partial charge in [0.1, 0.15) is 5.78 Å². The second-order valence-electron chi connectivity index (χ2n) is 8.32. The molecule has 2 fully saturated rings. The van der Waals surface area contributed by atoms with Crippen molar-refractivity contribution in [2.24, 2.45) is 5.92 Å². The molecule has 0 spiro atoms. The minimum atomic E-state index is 0.225. The lowest BCUT2D eigenvalue weighted by atomic mass is 9.76. The lowest BCUT2D eigenvalue weighted by molar-refractivity contribution is -0.128. The third kappa shape index (κ3) is 4.89. The van der Waals surface area contributed by atoms with E-state index in [1.807, 2.05) is 18.2 Å². The summed E-state index contributed by atoms with van der Waals surface area (Å²) in [5, 5.41) is 0. The summed E-state index contributed by atoms with van der Waals surface area (Å²) in [6.45, 7) is 2.15. The van der Waals surface area contributed by atoms with E-state index in [1.54, 1.807) is 0 Å². The zero-order valence-corrected chi connectivity index (χ0v) is 16.6. The van der Waals surface area contributed by atoms with Crippen molar-refractivity contribution >= 4 is 5.78 Å². The van der Waals surface area contributed by atoms with Crippen molar-refractivity contribution in [3.05, 3.63) is 71.8 Å². The highest BCUT2D eigenvalue weighted by Crippen LogP contribution is 2.38. The van der Waals surface area contributed by atoms with Crippen LogP contribution in [0.5, 0.6) is 0 Å². The summed E-state index contributed by atoms with van der Waals surface area (Å²) in [5.74, 6) is 0.631. The summed E-state index contributed by atoms with van der Waals surface area (Å²) in [4.78, 5) is 15.5. The van der Waals surface area contributed by atoms with Gasteiger partial charge in [0, 0.05) is 31.0 Å². The molecule has 2 aliphatic heterocycles. The molecule has 2 saturated heterocycles. The number of carbonyl (C=O) groups excluding carboxylic acids is 1. The van der Waals surface area contributed by atoms with Crippen LogP contribution in [0.4, 0.5) is 0 Å². The van der Waals surface area contributed by atoms with Gasteiger partial charge in [0.15, 0.2) is 0 Å². The average Bonchev–Trinajstić information content (AvgIpc) is 2.72. The summed E-state index contributed by atoms with van der Waals surface area (Å²) in [6.07, 6.45) is 6.38. The molecule has 148 valence electrons. The molecule has 2 heterocycles. The van der Waals surface area contributed by atoms with Gasteiger partial charge in [-0.1, -0.05) is 67.1 Å². The monoisotopic (exact) mass is 377 g/mol. The number of fused-ring (bicyclic) bond motifs is 2. The zero-order chi connectivity index (χ0) is 19.2. The number of rotatable bonds is 8. The first-order chi connectivity index (χ1) is 13.8. The molecule has 28 heavy (non-hydrogen) atoms. The Morgan fingerprint density at radius 1 is 0.893 bits per heavy atom. The number of carbonyl (C=O) groups is 1. The van der Waals surface area contributed by atoms with Gasteiger partial charge in [0.2, 0.25) is 0 Å². The van der Waals surface area contributed by atoms with Gasteiger partial charge in [0.25, 0.3) is 0 Å². The predicted molar refractivity (Wildman–Crippen MR) is 112 cm³/mol. The van der Waals surface area contributed by atoms with Crippen molar-refractivity contribution in [3.63, 3.8) is 0 Å². The standard InChI is InChI=1S/C25H31NO2/c27-25(14-15-28-19-21-10-5-2-6-11-21)22-16-23-12-7-13-24(17-22)26(23)18-20-8-3-1-4-9-20/h1-6,8-11,22-24H,7,12-19H2. The Bertz CT molecular complexity index is 732. The number of hydrogen-bond acceptors (Lipinski definition) is 3. The Balaban J connectivity index is 1.27. The summed E-state index contributed by atoms with van der Waals surface area (Å²) < 4.78 is 5.74. The van der Waals surface area contributed by atoms with Gasteiger partial charge in [-0.2, -0.15) is 0 Å². The Kier molecular flexibility index (Phi) is 6.56. The Labute approximate surface area is 168 Å². The van der Waals surface area contributed by atoms with Gasteiger partial charge in [-0.15, -0.1) is 0 Å². The fourth-order valence-electron chi connectivity index (χ4n) is 4.93. The molecular weight excluding hydrogens is 346 g/mol. The second-order valence-corrected chi connectivity index (χ2v) is 8.32. The first kappa shape index (κ1) is 19.4. The first-order valence-corrected chi connectivity index (χ1v) is 10.7. The van der Waals surface area contributed by atoms with E-state index >= 15 is 0 Å². The second kappa shape index (κ2) is 9.49. The molecule has 0 saturated carbocycles. The average molecular weight is 378 g/mol. The van der Waals surface area contributed by atoms with Crippen molar-refractivity contribution < 1.29 is 9.53 Å². The number of ketones is 1. The molecule has 4 rings (SSSR count). The normalized spacial score (nSPS) is 24.8. The molecule has 0 radical (unpaired) electrons. The maximum absolute atomic E-state index is 12.8. The Morgan fingerprint density at radius 3 is 2.14 bits per heavy atom. The predicted octanol–water partition coefficient (Wildman–Crippen LogP) is 5.00.